The maximum atomic E-state index is 8.95. The summed E-state index contributed by atoms with van der Waals surface area (Å²) in [6, 6.07) is 0. The molecule has 5 heteroatoms. The second kappa shape index (κ2) is 9.48. The van der Waals surface area contributed by atoms with Crippen molar-refractivity contribution in [2.24, 2.45) is 0 Å². The lowest BCUT2D eigenvalue weighted by molar-refractivity contribution is -0.749. The minimum atomic E-state index is -0.875. The molecule has 0 spiro atoms. The topological polar surface area (TPSA) is 72.6 Å². The van der Waals surface area contributed by atoms with Crippen LogP contribution in [0.5, 0.6) is 0 Å². The van der Waals surface area contributed by atoms with Crippen molar-refractivity contribution in [3.05, 3.63) is 10.1 Å². The summed E-state index contributed by atoms with van der Waals surface area (Å²) in [5.74, 6) is 0. The molecule has 0 aromatic heterocycles. The summed E-state index contributed by atoms with van der Waals surface area (Å²) in [5.41, 5.74) is 0. The maximum Gasteiger partial charge on any atom is 0.294 e. The number of aliphatic hydroxyl groups excluding tert-OH is 1. The highest BCUT2D eigenvalue weighted by Gasteiger charge is 1.77. The Balaban J connectivity index is 0. The molecule has 0 aliphatic rings. The van der Waals surface area contributed by atoms with Crippen LogP contribution in [0.25, 0.3) is 0 Å². The number of rotatable bonds is 1. The molecule has 0 aliphatic heterocycles. The standard InChI is InChI=1S/C2H6O.CH3NO3/c1-2-3;1-5-2(3)4/h3H,2H2,1H3;1H3. The fourth-order valence-corrected chi connectivity index (χ4v) is 0. The van der Waals surface area contributed by atoms with Gasteiger partial charge in [-0.05, 0) is 6.92 Å². The molecule has 0 unspecified atom stereocenters. The summed E-state index contributed by atoms with van der Waals surface area (Å²) in [6.07, 6.45) is 0. The molecule has 0 bridgehead atoms. The zero-order chi connectivity index (χ0) is 6.99. The van der Waals surface area contributed by atoms with Crippen molar-refractivity contribution in [3.8, 4) is 0 Å². The maximum absolute atomic E-state index is 8.95. The molecule has 0 aliphatic carbocycles. The highest BCUT2D eigenvalue weighted by molar-refractivity contribution is 3.86. The first-order valence-corrected chi connectivity index (χ1v) is 1.98. The van der Waals surface area contributed by atoms with Gasteiger partial charge in [0.25, 0.3) is 5.09 Å². The second-order valence-electron chi connectivity index (χ2n) is 0.722. The summed E-state index contributed by atoms with van der Waals surface area (Å²) in [6.45, 7) is 1.93. The Bertz CT molecular complexity index is 55.2. The van der Waals surface area contributed by atoms with E-state index < -0.39 is 5.09 Å². The molecule has 0 heterocycles. The first-order valence-electron chi connectivity index (χ1n) is 1.98. The van der Waals surface area contributed by atoms with Crippen LogP contribution in [-0.2, 0) is 4.84 Å². The van der Waals surface area contributed by atoms with E-state index in [9.17, 15) is 0 Å². The minimum Gasteiger partial charge on any atom is -0.397 e. The molecule has 50 valence electrons. The molecule has 0 fully saturated rings. The zero-order valence-corrected chi connectivity index (χ0v) is 4.83. The van der Waals surface area contributed by atoms with Crippen LogP contribution in [0.4, 0.5) is 0 Å². The molecular weight excluding hydrogens is 114 g/mol. The van der Waals surface area contributed by atoms with Crippen LogP contribution in [0.1, 0.15) is 6.92 Å². The predicted octanol–water partition coefficient (Wildman–Crippen LogP) is -0.177. The van der Waals surface area contributed by atoms with Crippen molar-refractivity contribution >= 4 is 0 Å². The second-order valence-corrected chi connectivity index (χ2v) is 0.722. The van der Waals surface area contributed by atoms with E-state index >= 15 is 0 Å². The van der Waals surface area contributed by atoms with E-state index in [4.69, 9.17) is 15.2 Å². The van der Waals surface area contributed by atoms with E-state index in [2.05, 4.69) is 4.84 Å². The summed E-state index contributed by atoms with van der Waals surface area (Å²) in [7, 11) is 1.00. The quantitative estimate of drug-likeness (QED) is 0.388. The molecule has 0 rings (SSSR count). The predicted molar refractivity (Wildman–Crippen MR) is 26.8 cm³/mol. The number of nitrogens with zero attached hydrogens (tertiary/aromatic N) is 1. The van der Waals surface area contributed by atoms with Gasteiger partial charge in [0.2, 0.25) is 0 Å². The van der Waals surface area contributed by atoms with Crippen LogP contribution in [0.3, 0.4) is 0 Å². The Labute approximate surface area is 47.0 Å². The summed E-state index contributed by atoms with van der Waals surface area (Å²) >= 11 is 0. The Hall–Kier alpha value is -0.840. The van der Waals surface area contributed by atoms with E-state index in [1.807, 2.05) is 0 Å². The van der Waals surface area contributed by atoms with Gasteiger partial charge in [0, 0.05) is 6.61 Å². The van der Waals surface area contributed by atoms with E-state index in [-0.39, 0.29) is 6.61 Å². The molecule has 0 aromatic rings. The molecule has 1 N–H and O–H groups in total. The van der Waals surface area contributed by atoms with Gasteiger partial charge in [-0.3, -0.25) is 0 Å². The van der Waals surface area contributed by atoms with Crippen LogP contribution < -0.4 is 0 Å². The molecule has 0 saturated carbocycles. The molecule has 5 nitrogen and oxygen atoms in total. The van der Waals surface area contributed by atoms with Crippen LogP contribution >= 0.6 is 0 Å². The van der Waals surface area contributed by atoms with Gasteiger partial charge in [-0.15, -0.1) is 10.1 Å². The Morgan fingerprint density at radius 2 is 2.00 bits per heavy atom. The Morgan fingerprint density at radius 1 is 1.88 bits per heavy atom. The summed E-state index contributed by atoms with van der Waals surface area (Å²) < 4.78 is 0. The fraction of sp³-hybridized carbons (Fsp3) is 1.00. The smallest absolute Gasteiger partial charge is 0.294 e. The average Bonchev–Trinajstić information content (AvgIpc) is 1.69. The summed E-state index contributed by atoms with van der Waals surface area (Å²) in [5, 5.41) is 15.6. The third-order valence-electron chi connectivity index (χ3n) is 0.149. The highest BCUT2D eigenvalue weighted by Crippen LogP contribution is 1.57. The SMILES string of the molecule is CCO.CO[N+](=O)[O-]. The lowest BCUT2D eigenvalue weighted by atomic mass is 10.9. The molecular formula is C3H9NO4. The largest absolute Gasteiger partial charge is 0.397 e. The summed E-state index contributed by atoms with van der Waals surface area (Å²) in [4.78, 5) is 12.4. The molecule has 0 aromatic carbocycles. The molecule has 0 atom stereocenters. The molecule has 0 saturated heterocycles. The van der Waals surface area contributed by atoms with Gasteiger partial charge in [0.05, 0.1) is 7.11 Å². The van der Waals surface area contributed by atoms with Gasteiger partial charge in [-0.2, -0.15) is 0 Å². The van der Waals surface area contributed by atoms with Gasteiger partial charge in [-0.25, -0.2) is 0 Å². The van der Waals surface area contributed by atoms with Crippen molar-refractivity contribution in [2.45, 2.75) is 6.92 Å². The van der Waals surface area contributed by atoms with Crippen molar-refractivity contribution in [1.82, 2.24) is 0 Å². The molecule has 0 radical (unpaired) electrons. The lowest BCUT2D eigenvalue weighted by Gasteiger charge is -1.75. The van der Waals surface area contributed by atoms with Gasteiger partial charge in [-0.1, -0.05) is 0 Å². The van der Waals surface area contributed by atoms with Crippen molar-refractivity contribution in [2.75, 3.05) is 13.7 Å². The normalized spacial score (nSPS) is 6.38. The van der Waals surface area contributed by atoms with E-state index in [1.54, 1.807) is 6.92 Å². The van der Waals surface area contributed by atoms with Crippen molar-refractivity contribution < 1.29 is 15.0 Å². The molecule has 8 heavy (non-hydrogen) atoms. The number of aliphatic hydroxyl groups is 1. The average molecular weight is 123 g/mol. The zero-order valence-electron chi connectivity index (χ0n) is 4.83. The van der Waals surface area contributed by atoms with Crippen molar-refractivity contribution in [3.63, 3.8) is 0 Å². The Kier molecular flexibility index (Phi) is 12.1. The Morgan fingerprint density at radius 3 is 2.00 bits per heavy atom. The van der Waals surface area contributed by atoms with E-state index in [1.165, 1.54) is 0 Å². The van der Waals surface area contributed by atoms with E-state index in [0.29, 0.717) is 0 Å². The van der Waals surface area contributed by atoms with Gasteiger partial charge < -0.3 is 9.94 Å². The van der Waals surface area contributed by atoms with Crippen LogP contribution in [0.15, 0.2) is 0 Å². The first-order chi connectivity index (χ1) is 3.68. The highest BCUT2D eigenvalue weighted by atomic mass is 16.9. The first kappa shape index (κ1) is 10.2. The third-order valence-corrected chi connectivity index (χ3v) is 0.149. The molecule has 0 amide bonds. The lowest BCUT2D eigenvalue weighted by Crippen LogP contribution is -1.91. The minimum absolute atomic E-state index is 0.250. The van der Waals surface area contributed by atoms with E-state index in [0.717, 1.165) is 7.11 Å². The van der Waals surface area contributed by atoms with Crippen molar-refractivity contribution in [1.29, 1.82) is 0 Å². The monoisotopic (exact) mass is 123 g/mol. The van der Waals surface area contributed by atoms with Crippen LogP contribution in [-0.4, -0.2) is 23.9 Å². The van der Waals surface area contributed by atoms with Crippen LogP contribution in [0, 0.1) is 10.1 Å². The fourth-order valence-electron chi connectivity index (χ4n) is 0. The number of hydrogen-bond acceptors (Lipinski definition) is 4. The third kappa shape index (κ3) is 66.4. The van der Waals surface area contributed by atoms with Gasteiger partial charge >= 0.3 is 0 Å². The van der Waals surface area contributed by atoms with Gasteiger partial charge in [0.15, 0.2) is 0 Å². The number of hydrogen-bond donors (Lipinski definition) is 1. The van der Waals surface area contributed by atoms with Crippen LogP contribution in [0.2, 0.25) is 0 Å². The van der Waals surface area contributed by atoms with Gasteiger partial charge in [0.1, 0.15) is 0 Å².